The van der Waals surface area contributed by atoms with Gasteiger partial charge in [-0.25, -0.2) is 4.99 Å². The normalized spacial score (nSPS) is 51.8. The van der Waals surface area contributed by atoms with Gasteiger partial charge in [-0.1, -0.05) is 34.1 Å². The summed E-state index contributed by atoms with van der Waals surface area (Å²) in [6.07, 6.45) is 12.6. The monoisotopic (exact) mass is 429 g/mol. The molecule has 4 fully saturated rings. The molecule has 4 saturated carbocycles. The smallest absolute Gasteiger partial charge is 0.217 e. The second kappa shape index (κ2) is 7.21. The zero-order valence-corrected chi connectivity index (χ0v) is 21.0. The van der Waals surface area contributed by atoms with E-state index in [1.807, 2.05) is 0 Å². The third-order valence-electron chi connectivity index (χ3n) is 11.5. The maximum atomic E-state index is 11.6. The molecule has 176 valence electrons. The minimum absolute atomic E-state index is 0.189. The predicted molar refractivity (Wildman–Crippen MR) is 127 cm³/mol. The summed E-state index contributed by atoms with van der Waals surface area (Å²) >= 11 is 0. The molecule has 3 unspecified atom stereocenters. The number of fused-ring (bicyclic) bond motifs is 5. The molecular weight excluding hydrogens is 382 g/mol. The average molecular weight is 430 g/mol. The van der Waals surface area contributed by atoms with Gasteiger partial charge in [0.25, 0.3) is 0 Å². The first-order valence-electron chi connectivity index (χ1n) is 13.5. The second-order valence-corrected chi connectivity index (χ2v) is 13.5. The number of aliphatic hydroxyl groups is 1. The fourth-order valence-electron chi connectivity index (χ4n) is 9.52. The van der Waals surface area contributed by atoms with Gasteiger partial charge in [0.15, 0.2) is 0 Å². The number of aliphatic imine (C=N–C) groups is 1. The predicted octanol–water partition coefficient (Wildman–Crippen LogP) is 6.63. The van der Waals surface area contributed by atoms with Gasteiger partial charge >= 0.3 is 0 Å². The summed E-state index contributed by atoms with van der Waals surface area (Å²) in [6.45, 7) is 15.0. The van der Waals surface area contributed by atoms with Crippen LogP contribution in [0, 0.1) is 46.3 Å². The van der Waals surface area contributed by atoms with E-state index in [1.54, 1.807) is 0 Å². The molecule has 0 saturated heterocycles. The molecule has 3 heteroatoms. The highest BCUT2D eigenvalue weighted by molar-refractivity contribution is 5.86. The summed E-state index contributed by atoms with van der Waals surface area (Å²) in [5.74, 6) is 5.77. The van der Waals surface area contributed by atoms with Crippen LogP contribution < -0.4 is 0 Å². The van der Waals surface area contributed by atoms with Crippen LogP contribution >= 0.6 is 0 Å². The number of rotatable bonds is 3. The molecule has 0 radical (unpaired) electrons. The zero-order chi connectivity index (χ0) is 22.2. The number of ether oxygens (including phenoxy) is 1. The van der Waals surface area contributed by atoms with E-state index in [4.69, 9.17) is 9.73 Å². The zero-order valence-electron chi connectivity index (χ0n) is 21.0. The van der Waals surface area contributed by atoms with Gasteiger partial charge in [0.05, 0.1) is 5.54 Å². The Morgan fingerprint density at radius 1 is 0.968 bits per heavy atom. The van der Waals surface area contributed by atoms with E-state index in [-0.39, 0.29) is 5.54 Å². The van der Waals surface area contributed by atoms with Gasteiger partial charge in [-0.3, -0.25) is 0 Å². The van der Waals surface area contributed by atoms with Gasteiger partial charge < -0.3 is 9.84 Å². The van der Waals surface area contributed by atoms with E-state index in [2.05, 4.69) is 41.5 Å². The summed E-state index contributed by atoms with van der Waals surface area (Å²) in [6, 6.07) is 0. The Morgan fingerprint density at radius 2 is 1.71 bits per heavy atom. The van der Waals surface area contributed by atoms with E-state index in [9.17, 15) is 5.11 Å². The lowest BCUT2D eigenvalue weighted by Crippen LogP contribution is -2.57. The lowest BCUT2D eigenvalue weighted by molar-refractivity contribution is -0.140. The lowest BCUT2D eigenvalue weighted by atomic mass is 9.43. The molecule has 0 aromatic heterocycles. The Bertz CT molecular complexity index is 745. The minimum Gasteiger partial charge on any atom is -0.476 e. The third-order valence-corrected chi connectivity index (χ3v) is 11.5. The number of hydrogen-bond acceptors (Lipinski definition) is 3. The van der Waals surface area contributed by atoms with Crippen molar-refractivity contribution >= 4 is 5.90 Å². The van der Waals surface area contributed by atoms with Crippen molar-refractivity contribution in [2.45, 2.75) is 117 Å². The first-order valence-corrected chi connectivity index (χ1v) is 13.5. The highest BCUT2D eigenvalue weighted by Crippen LogP contribution is 2.69. The van der Waals surface area contributed by atoms with Crippen LogP contribution in [0.4, 0.5) is 0 Å². The van der Waals surface area contributed by atoms with Crippen LogP contribution in [-0.4, -0.2) is 28.8 Å². The van der Waals surface area contributed by atoms with E-state index in [0.717, 1.165) is 48.9 Å². The van der Waals surface area contributed by atoms with Crippen molar-refractivity contribution in [2.75, 3.05) is 6.61 Å². The molecular formula is C28H47NO2. The molecule has 0 amide bonds. The van der Waals surface area contributed by atoms with Crippen molar-refractivity contribution in [3.63, 3.8) is 0 Å². The van der Waals surface area contributed by atoms with Crippen LogP contribution in [-0.2, 0) is 4.74 Å². The van der Waals surface area contributed by atoms with Gasteiger partial charge in [0.2, 0.25) is 5.90 Å². The van der Waals surface area contributed by atoms with Crippen LogP contribution in [0.3, 0.4) is 0 Å². The van der Waals surface area contributed by atoms with Crippen molar-refractivity contribution < 1.29 is 9.84 Å². The summed E-state index contributed by atoms with van der Waals surface area (Å²) in [7, 11) is 0. The van der Waals surface area contributed by atoms with Crippen LogP contribution in [0.25, 0.3) is 0 Å². The van der Waals surface area contributed by atoms with Crippen LogP contribution in [0.1, 0.15) is 106 Å². The first kappa shape index (κ1) is 22.2. The summed E-state index contributed by atoms with van der Waals surface area (Å²) < 4.78 is 5.94. The Morgan fingerprint density at radius 3 is 2.39 bits per heavy atom. The Labute approximate surface area is 190 Å². The molecule has 0 aromatic carbocycles. The van der Waals surface area contributed by atoms with Crippen molar-refractivity contribution in [1.29, 1.82) is 0 Å². The molecule has 5 aliphatic rings. The largest absolute Gasteiger partial charge is 0.476 e. The van der Waals surface area contributed by atoms with Crippen molar-refractivity contribution in [3.05, 3.63) is 0 Å². The molecule has 1 aliphatic heterocycles. The topological polar surface area (TPSA) is 41.8 Å². The molecule has 0 spiro atoms. The molecule has 1 N–H and O–H groups in total. The Balaban J connectivity index is 1.36. The molecule has 0 aromatic rings. The quantitative estimate of drug-likeness (QED) is 0.547. The van der Waals surface area contributed by atoms with Crippen LogP contribution in [0.5, 0.6) is 0 Å². The molecule has 4 aliphatic carbocycles. The Kier molecular flexibility index (Phi) is 5.17. The maximum absolute atomic E-state index is 11.6. The van der Waals surface area contributed by atoms with Crippen molar-refractivity contribution in [3.8, 4) is 0 Å². The average Bonchev–Trinajstić information content (AvgIpc) is 3.27. The summed E-state index contributed by atoms with van der Waals surface area (Å²) in [5, 5.41) is 11.6. The van der Waals surface area contributed by atoms with Crippen molar-refractivity contribution in [1.82, 2.24) is 0 Å². The third kappa shape index (κ3) is 3.26. The minimum atomic E-state index is -0.830. The summed E-state index contributed by atoms with van der Waals surface area (Å²) in [5.41, 5.74) is -0.0538. The van der Waals surface area contributed by atoms with E-state index in [0.29, 0.717) is 29.3 Å². The van der Waals surface area contributed by atoms with Crippen LogP contribution in [0.15, 0.2) is 4.99 Å². The van der Waals surface area contributed by atoms with Gasteiger partial charge in [-0.05, 0) is 118 Å². The molecule has 0 bridgehead atoms. The second-order valence-electron chi connectivity index (χ2n) is 13.5. The van der Waals surface area contributed by atoms with E-state index in [1.165, 1.54) is 44.9 Å². The van der Waals surface area contributed by atoms with Crippen LogP contribution in [0.2, 0.25) is 0 Å². The molecule has 5 rings (SSSR count). The SMILES string of the molecule is CC[C@@H](C)[C@H]1CCC2C3CC[C@@H]4C[C@@](O)(C5=NC(C)(C)CO5)CC[C@]4(C)C3CC[C@@]21C. The number of nitrogens with zero attached hydrogens (tertiary/aromatic N) is 1. The van der Waals surface area contributed by atoms with E-state index < -0.39 is 5.60 Å². The molecule has 9 atom stereocenters. The first-order chi connectivity index (χ1) is 14.5. The highest BCUT2D eigenvalue weighted by atomic mass is 16.5. The van der Waals surface area contributed by atoms with Gasteiger partial charge in [-0.2, -0.15) is 0 Å². The van der Waals surface area contributed by atoms with Gasteiger partial charge in [0.1, 0.15) is 12.2 Å². The lowest BCUT2D eigenvalue weighted by Gasteiger charge is -2.62. The fourth-order valence-corrected chi connectivity index (χ4v) is 9.52. The standard InChI is InChI=1S/C28H47NO2/c1-7-18(2)21-10-11-22-20-9-8-19-16-28(30,24-29-25(3,4)17-31-24)15-14-26(19,5)23(20)12-13-27(21,22)6/h18-23,30H,7-17H2,1-6H3/t18-,19-,20?,21-,22?,23?,26+,27-,28-/m1/s1. The molecule has 31 heavy (non-hydrogen) atoms. The van der Waals surface area contributed by atoms with Crippen molar-refractivity contribution in [2.24, 2.45) is 51.3 Å². The van der Waals surface area contributed by atoms with Gasteiger partial charge in [0, 0.05) is 0 Å². The van der Waals surface area contributed by atoms with Gasteiger partial charge in [-0.15, -0.1) is 0 Å². The molecule has 3 nitrogen and oxygen atoms in total. The Hall–Kier alpha value is -0.570. The maximum Gasteiger partial charge on any atom is 0.217 e. The number of hydrogen-bond donors (Lipinski definition) is 1. The highest BCUT2D eigenvalue weighted by Gasteiger charge is 2.62. The fraction of sp³-hybridized carbons (Fsp3) is 0.964. The van der Waals surface area contributed by atoms with E-state index >= 15 is 0 Å². The molecule has 1 heterocycles. The summed E-state index contributed by atoms with van der Waals surface area (Å²) in [4.78, 5) is 4.79.